The summed E-state index contributed by atoms with van der Waals surface area (Å²) in [6.45, 7) is 4.16. The van der Waals surface area contributed by atoms with Gasteiger partial charge >= 0.3 is 6.18 Å². The van der Waals surface area contributed by atoms with Gasteiger partial charge in [0.1, 0.15) is 5.69 Å². The maximum atomic E-state index is 12.9. The van der Waals surface area contributed by atoms with Crippen molar-refractivity contribution in [3.05, 3.63) is 18.0 Å². The van der Waals surface area contributed by atoms with Gasteiger partial charge in [-0.05, 0) is 44.6 Å². The lowest BCUT2D eigenvalue weighted by molar-refractivity contribution is -0.141. The Morgan fingerprint density at radius 1 is 1.32 bits per heavy atom. The number of aromatic nitrogens is 2. The molecule has 1 aliphatic carbocycles. The second kappa shape index (κ2) is 9.07. The Hall–Kier alpha value is -1.90. The Kier molecular flexibility index (Phi) is 6.74. The molecule has 3 atom stereocenters. The van der Waals surface area contributed by atoms with Crippen molar-refractivity contribution < 1.29 is 22.7 Å². The van der Waals surface area contributed by atoms with Gasteiger partial charge < -0.3 is 15.0 Å². The molecule has 2 heterocycles. The van der Waals surface area contributed by atoms with Gasteiger partial charge in [-0.3, -0.25) is 4.79 Å². The number of hydrogen-bond acceptors (Lipinski definition) is 5. The minimum Gasteiger partial charge on any atom is -0.376 e. The van der Waals surface area contributed by atoms with Gasteiger partial charge in [-0.1, -0.05) is 6.92 Å². The van der Waals surface area contributed by atoms with Crippen LogP contribution in [0.2, 0.25) is 0 Å². The summed E-state index contributed by atoms with van der Waals surface area (Å²) in [4.78, 5) is 22.2. The third-order valence-electron chi connectivity index (χ3n) is 5.36. The second-order valence-electron chi connectivity index (χ2n) is 7.47. The molecule has 28 heavy (non-hydrogen) atoms. The number of rotatable bonds is 6. The Labute approximate surface area is 162 Å². The van der Waals surface area contributed by atoms with Crippen molar-refractivity contribution in [3.8, 4) is 0 Å². The standard InChI is InChI=1S/C19H27F3N4O2/c1-2-11-28-15-12-13(17(27)26-9-3-4-10-26)5-6-14(15)24-18-23-8-7-16(25-18)19(20,21)22/h7-8,13-15H,2-6,9-12H2,1H3,(H,23,24,25)/t13-,14-,15-/m0/s1. The van der Waals surface area contributed by atoms with E-state index in [2.05, 4.69) is 15.3 Å². The van der Waals surface area contributed by atoms with Crippen LogP contribution < -0.4 is 5.32 Å². The first kappa shape index (κ1) is 20.8. The minimum absolute atomic E-state index is 0.0609. The summed E-state index contributed by atoms with van der Waals surface area (Å²) < 4.78 is 44.6. The predicted molar refractivity (Wildman–Crippen MR) is 97.6 cm³/mol. The third-order valence-corrected chi connectivity index (χ3v) is 5.36. The lowest BCUT2D eigenvalue weighted by Gasteiger charge is -2.37. The maximum absolute atomic E-state index is 12.9. The molecule has 1 N–H and O–H groups in total. The number of alkyl halides is 3. The van der Waals surface area contributed by atoms with Crippen LogP contribution in [0.3, 0.4) is 0 Å². The molecule has 3 rings (SSSR count). The number of nitrogens with zero attached hydrogens (tertiary/aromatic N) is 3. The van der Waals surface area contributed by atoms with E-state index in [9.17, 15) is 18.0 Å². The molecule has 1 saturated heterocycles. The summed E-state index contributed by atoms with van der Waals surface area (Å²) in [5.74, 6) is 0.0195. The molecule has 1 aromatic rings. The maximum Gasteiger partial charge on any atom is 0.433 e. The first-order valence-corrected chi connectivity index (χ1v) is 9.95. The largest absolute Gasteiger partial charge is 0.433 e. The molecular weight excluding hydrogens is 373 g/mol. The van der Waals surface area contributed by atoms with Crippen molar-refractivity contribution in [3.63, 3.8) is 0 Å². The summed E-state index contributed by atoms with van der Waals surface area (Å²) in [7, 11) is 0. The average Bonchev–Trinajstić information content (AvgIpc) is 3.21. The van der Waals surface area contributed by atoms with E-state index < -0.39 is 11.9 Å². The first-order chi connectivity index (χ1) is 13.4. The summed E-state index contributed by atoms with van der Waals surface area (Å²) in [6, 6.07) is 0.625. The summed E-state index contributed by atoms with van der Waals surface area (Å²) in [5.41, 5.74) is -0.978. The molecule has 0 unspecified atom stereocenters. The van der Waals surface area contributed by atoms with Gasteiger partial charge in [0.2, 0.25) is 11.9 Å². The fourth-order valence-electron chi connectivity index (χ4n) is 3.92. The topological polar surface area (TPSA) is 67.3 Å². The van der Waals surface area contributed by atoms with E-state index in [1.54, 1.807) is 0 Å². The zero-order valence-corrected chi connectivity index (χ0v) is 16.0. The highest BCUT2D eigenvalue weighted by Gasteiger charge is 2.38. The summed E-state index contributed by atoms with van der Waals surface area (Å²) in [6.07, 6.45) is 1.11. The van der Waals surface area contributed by atoms with Crippen LogP contribution in [0.1, 0.15) is 51.1 Å². The molecule has 0 aromatic carbocycles. The molecule has 2 aliphatic rings. The highest BCUT2D eigenvalue weighted by atomic mass is 19.4. The fraction of sp³-hybridized carbons (Fsp3) is 0.737. The normalized spacial score (nSPS) is 25.7. The van der Waals surface area contributed by atoms with Crippen LogP contribution in [0.15, 0.2) is 12.3 Å². The Morgan fingerprint density at radius 3 is 2.75 bits per heavy atom. The minimum atomic E-state index is -4.52. The molecule has 2 fully saturated rings. The summed E-state index contributed by atoms with van der Waals surface area (Å²) >= 11 is 0. The summed E-state index contributed by atoms with van der Waals surface area (Å²) in [5, 5.41) is 3.01. The van der Waals surface area contributed by atoms with Gasteiger partial charge in [0.25, 0.3) is 0 Å². The molecule has 156 valence electrons. The monoisotopic (exact) mass is 400 g/mol. The van der Waals surface area contributed by atoms with E-state index in [0.29, 0.717) is 25.9 Å². The van der Waals surface area contributed by atoms with E-state index in [1.165, 1.54) is 0 Å². The SMILES string of the molecule is CCCO[C@H]1C[C@@H](C(=O)N2CCCC2)CC[C@@H]1Nc1nccc(C(F)(F)F)n1. The third kappa shape index (κ3) is 5.12. The molecule has 0 radical (unpaired) electrons. The molecule has 6 nitrogen and oxygen atoms in total. The van der Waals surface area contributed by atoms with Crippen molar-refractivity contribution in [1.29, 1.82) is 0 Å². The average molecular weight is 400 g/mol. The van der Waals surface area contributed by atoms with E-state index >= 15 is 0 Å². The number of halogens is 3. The number of hydrogen-bond donors (Lipinski definition) is 1. The van der Waals surface area contributed by atoms with Crippen LogP contribution in [0.25, 0.3) is 0 Å². The van der Waals surface area contributed by atoms with Gasteiger partial charge in [0.15, 0.2) is 0 Å². The van der Waals surface area contributed by atoms with Crippen molar-refractivity contribution in [2.75, 3.05) is 25.0 Å². The highest BCUT2D eigenvalue weighted by molar-refractivity contribution is 5.79. The molecular formula is C19H27F3N4O2. The van der Waals surface area contributed by atoms with Crippen molar-refractivity contribution in [2.45, 2.75) is 63.8 Å². The zero-order chi connectivity index (χ0) is 20.1. The van der Waals surface area contributed by atoms with Crippen LogP contribution >= 0.6 is 0 Å². The number of nitrogens with one attached hydrogen (secondary N) is 1. The van der Waals surface area contributed by atoms with Crippen LogP contribution in [-0.2, 0) is 15.7 Å². The Bertz CT molecular complexity index is 665. The molecule has 0 spiro atoms. The lowest BCUT2D eigenvalue weighted by atomic mass is 9.83. The van der Waals surface area contributed by atoms with E-state index in [-0.39, 0.29) is 29.9 Å². The Balaban J connectivity index is 1.67. The van der Waals surface area contributed by atoms with Gasteiger partial charge in [0.05, 0.1) is 12.1 Å². The molecule has 9 heteroatoms. The quantitative estimate of drug-likeness (QED) is 0.792. The number of likely N-dealkylation sites (tertiary alicyclic amines) is 1. The predicted octanol–water partition coefficient (Wildman–Crippen LogP) is 3.49. The number of carbonyl (C=O) groups is 1. The van der Waals surface area contributed by atoms with E-state index in [0.717, 1.165) is 44.6 Å². The first-order valence-electron chi connectivity index (χ1n) is 9.95. The molecule has 1 saturated carbocycles. The number of anilines is 1. The van der Waals surface area contributed by atoms with Gasteiger partial charge in [-0.2, -0.15) is 13.2 Å². The Morgan fingerprint density at radius 2 is 2.07 bits per heavy atom. The van der Waals surface area contributed by atoms with Crippen LogP contribution in [0.5, 0.6) is 0 Å². The van der Waals surface area contributed by atoms with Gasteiger partial charge in [-0.15, -0.1) is 0 Å². The van der Waals surface area contributed by atoms with Crippen LogP contribution in [-0.4, -0.2) is 52.6 Å². The lowest BCUT2D eigenvalue weighted by Crippen LogP contribution is -2.46. The molecule has 1 aromatic heterocycles. The number of carbonyl (C=O) groups excluding carboxylic acids is 1. The van der Waals surface area contributed by atoms with Crippen molar-refractivity contribution in [1.82, 2.24) is 14.9 Å². The van der Waals surface area contributed by atoms with E-state index in [4.69, 9.17) is 4.74 Å². The smallest absolute Gasteiger partial charge is 0.376 e. The number of ether oxygens (including phenoxy) is 1. The van der Waals surface area contributed by atoms with Crippen LogP contribution in [0.4, 0.5) is 19.1 Å². The van der Waals surface area contributed by atoms with Gasteiger partial charge in [-0.25, -0.2) is 9.97 Å². The number of amides is 1. The highest BCUT2D eigenvalue weighted by Crippen LogP contribution is 2.32. The van der Waals surface area contributed by atoms with Crippen LogP contribution in [0, 0.1) is 5.92 Å². The van der Waals surface area contributed by atoms with Crippen molar-refractivity contribution >= 4 is 11.9 Å². The fourth-order valence-corrected chi connectivity index (χ4v) is 3.92. The molecule has 1 amide bonds. The molecule has 0 bridgehead atoms. The zero-order valence-electron chi connectivity index (χ0n) is 16.0. The second-order valence-corrected chi connectivity index (χ2v) is 7.47. The van der Waals surface area contributed by atoms with Gasteiger partial charge in [0, 0.05) is 31.8 Å². The van der Waals surface area contributed by atoms with E-state index in [1.807, 2.05) is 11.8 Å². The van der Waals surface area contributed by atoms with Crippen molar-refractivity contribution in [2.24, 2.45) is 5.92 Å². The molecule has 1 aliphatic heterocycles.